The van der Waals surface area contributed by atoms with Crippen LogP contribution in [0.2, 0.25) is 0 Å². The third-order valence-electron chi connectivity index (χ3n) is 4.32. The van der Waals surface area contributed by atoms with Crippen LogP contribution < -0.4 is 14.8 Å². The van der Waals surface area contributed by atoms with Crippen molar-refractivity contribution in [2.45, 2.75) is 51.5 Å². The van der Waals surface area contributed by atoms with Gasteiger partial charge in [-0.15, -0.1) is 0 Å². The van der Waals surface area contributed by atoms with Gasteiger partial charge in [0.1, 0.15) is 6.61 Å². The van der Waals surface area contributed by atoms with E-state index in [0.29, 0.717) is 12.6 Å². The molecule has 0 heterocycles. The van der Waals surface area contributed by atoms with Crippen LogP contribution in [0, 0.1) is 5.92 Å². The number of hydrogen-bond acceptors (Lipinski definition) is 3. The third-order valence-corrected chi connectivity index (χ3v) is 4.32. The molecule has 1 aromatic rings. The smallest absolute Gasteiger partial charge is 0.161 e. The standard InChI is InChI=1S/C18H29NO2/c1-3-13-20-17-11-7-8-12-18(17)21-14-16(19-2)15-9-5-4-6-10-15/h7-8,11-12,15-16,19H,3-6,9-10,13-14H2,1-2H3. The van der Waals surface area contributed by atoms with Crippen molar-refractivity contribution in [2.75, 3.05) is 20.3 Å². The lowest BCUT2D eigenvalue weighted by Crippen LogP contribution is -2.39. The van der Waals surface area contributed by atoms with E-state index in [4.69, 9.17) is 9.47 Å². The van der Waals surface area contributed by atoms with Crippen LogP contribution in [-0.2, 0) is 0 Å². The number of likely N-dealkylation sites (N-methyl/N-ethyl adjacent to an activating group) is 1. The SMILES string of the molecule is CCCOc1ccccc1OCC(NC)C1CCCCC1. The maximum absolute atomic E-state index is 6.05. The molecule has 1 unspecified atom stereocenters. The molecule has 118 valence electrons. The minimum Gasteiger partial charge on any atom is -0.490 e. The molecule has 1 N–H and O–H groups in total. The van der Waals surface area contributed by atoms with Crippen LogP contribution in [0.25, 0.3) is 0 Å². The maximum Gasteiger partial charge on any atom is 0.161 e. The van der Waals surface area contributed by atoms with Crippen molar-refractivity contribution in [3.63, 3.8) is 0 Å². The van der Waals surface area contributed by atoms with E-state index in [-0.39, 0.29) is 0 Å². The normalized spacial score (nSPS) is 17.4. The predicted octanol–water partition coefficient (Wildman–Crippen LogP) is 4.02. The lowest BCUT2D eigenvalue weighted by atomic mass is 9.84. The summed E-state index contributed by atoms with van der Waals surface area (Å²) in [5, 5.41) is 3.44. The van der Waals surface area contributed by atoms with Gasteiger partial charge in [-0.05, 0) is 44.4 Å². The van der Waals surface area contributed by atoms with Gasteiger partial charge >= 0.3 is 0 Å². The molecule has 2 rings (SSSR count). The molecule has 0 aliphatic heterocycles. The number of benzene rings is 1. The molecule has 1 saturated carbocycles. The molecule has 1 aromatic carbocycles. The summed E-state index contributed by atoms with van der Waals surface area (Å²) in [6.45, 7) is 3.57. The van der Waals surface area contributed by atoms with E-state index in [0.717, 1.165) is 30.4 Å². The summed E-state index contributed by atoms with van der Waals surface area (Å²) in [5.74, 6) is 2.47. The van der Waals surface area contributed by atoms with Gasteiger partial charge in [0.25, 0.3) is 0 Å². The molecular weight excluding hydrogens is 262 g/mol. The van der Waals surface area contributed by atoms with Gasteiger partial charge in [0.15, 0.2) is 11.5 Å². The molecule has 1 aliphatic carbocycles. The van der Waals surface area contributed by atoms with Crippen molar-refractivity contribution in [1.82, 2.24) is 5.32 Å². The van der Waals surface area contributed by atoms with Crippen molar-refractivity contribution in [3.8, 4) is 11.5 Å². The van der Waals surface area contributed by atoms with Gasteiger partial charge in [-0.25, -0.2) is 0 Å². The topological polar surface area (TPSA) is 30.5 Å². The second-order valence-corrected chi connectivity index (χ2v) is 5.90. The summed E-state index contributed by atoms with van der Waals surface area (Å²) >= 11 is 0. The highest BCUT2D eigenvalue weighted by Crippen LogP contribution is 2.29. The predicted molar refractivity (Wildman–Crippen MR) is 87.1 cm³/mol. The van der Waals surface area contributed by atoms with Gasteiger partial charge in [0.2, 0.25) is 0 Å². The Balaban J connectivity index is 1.91. The number of ether oxygens (including phenoxy) is 2. The summed E-state index contributed by atoms with van der Waals surface area (Å²) in [6.07, 6.45) is 7.76. The summed E-state index contributed by atoms with van der Waals surface area (Å²) in [7, 11) is 2.04. The second kappa shape index (κ2) is 8.93. The molecule has 21 heavy (non-hydrogen) atoms. The molecule has 0 radical (unpaired) electrons. The van der Waals surface area contributed by atoms with Gasteiger partial charge in [0.05, 0.1) is 6.61 Å². The Morgan fingerprint density at radius 2 is 1.76 bits per heavy atom. The fraction of sp³-hybridized carbons (Fsp3) is 0.667. The van der Waals surface area contributed by atoms with Crippen molar-refractivity contribution < 1.29 is 9.47 Å². The monoisotopic (exact) mass is 291 g/mol. The average molecular weight is 291 g/mol. The maximum atomic E-state index is 6.05. The van der Waals surface area contributed by atoms with Crippen LogP contribution in [0.5, 0.6) is 11.5 Å². The van der Waals surface area contributed by atoms with E-state index in [2.05, 4.69) is 12.2 Å². The molecule has 0 amide bonds. The fourth-order valence-corrected chi connectivity index (χ4v) is 3.07. The van der Waals surface area contributed by atoms with E-state index < -0.39 is 0 Å². The lowest BCUT2D eigenvalue weighted by Gasteiger charge is -2.30. The van der Waals surface area contributed by atoms with Crippen LogP contribution in [0.4, 0.5) is 0 Å². The number of hydrogen-bond donors (Lipinski definition) is 1. The quantitative estimate of drug-likeness (QED) is 0.784. The van der Waals surface area contributed by atoms with Crippen molar-refractivity contribution in [1.29, 1.82) is 0 Å². The van der Waals surface area contributed by atoms with Gasteiger partial charge in [0, 0.05) is 6.04 Å². The highest BCUT2D eigenvalue weighted by atomic mass is 16.5. The summed E-state index contributed by atoms with van der Waals surface area (Å²) in [5.41, 5.74) is 0. The zero-order valence-corrected chi connectivity index (χ0v) is 13.4. The van der Waals surface area contributed by atoms with Gasteiger partial charge in [-0.1, -0.05) is 38.3 Å². The largest absolute Gasteiger partial charge is 0.490 e. The highest BCUT2D eigenvalue weighted by Gasteiger charge is 2.23. The zero-order valence-electron chi connectivity index (χ0n) is 13.4. The van der Waals surface area contributed by atoms with Crippen LogP contribution in [0.3, 0.4) is 0 Å². The third kappa shape index (κ3) is 4.92. The molecule has 3 nitrogen and oxygen atoms in total. The zero-order chi connectivity index (χ0) is 14.9. The molecule has 0 saturated heterocycles. The van der Waals surface area contributed by atoms with E-state index in [1.807, 2.05) is 31.3 Å². The van der Waals surface area contributed by atoms with Crippen molar-refractivity contribution >= 4 is 0 Å². The van der Waals surface area contributed by atoms with Crippen molar-refractivity contribution in [3.05, 3.63) is 24.3 Å². The first-order valence-electron chi connectivity index (χ1n) is 8.37. The summed E-state index contributed by atoms with van der Waals surface area (Å²) < 4.78 is 11.8. The first-order valence-corrected chi connectivity index (χ1v) is 8.37. The van der Waals surface area contributed by atoms with Crippen LogP contribution >= 0.6 is 0 Å². The average Bonchev–Trinajstić information content (AvgIpc) is 2.55. The Morgan fingerprint density at radius 1 is 1.10 bits per heavy atom. The molecule has 0 aromatic heterocycles. The lowest BCUT2D eigenvalue weighted by molar-refractivity contribution is 0.185. The van der Waals surface area contributed by atoms with Crippen LogP contribution in [0.15, 0.2) is 24.3 Å². The molecule has 0 bridgehead atoms. The van der Waals surface area contributed by atoms with E-state index in [9.17, 15) is 0 Å². The molecule has 3 heteroatoms. The summed E-state index contributed by atoms with van der Waals surface area (Å²) in [6, 6.07) is 8.42. The Bertz CT molecular complexity index is 402. The Hall–Kier alpha value is -1.22. The van der Waals surface area contributed by atoms with E-state index in [1.165, 1.54) is 32.1 Å². The van der Waals surface area contributed by atoms with E-state index in [1.54, 1.807) is 0 Å². The molecule has 1 aliphatic rings. The number of rotatable bonds is 8. The summed E-state index contributed by atoms with van der Waals surface area (Å²) in [4.78, 5) is 0. The minimum atomic E-state index is 0.435. The highest BCUT2D eigenvalue weighted by molar-refractivity contribution is 5.39. The van der Waals surface area contributed by atoms with Crippen LogP contribution in [-0.4, -0.2) is 26.3 Å². The Morgan fingerprint density at radius 3 is 2.38 bits per heavy atom. The molecule has 0 spiro atoms. The van der Waals surface area contributed by atoms with Gasteiger partial charge in [-0.2, -0.15) is 0 Å². The van der Waals surface area contributed by atoms with Gasteiger partial charge in [-0.3, -0.25) is 0 Å². The first kappa shape index (κ1) is 16.2. The number of nitrogens with one attached hydrogen (secondary N) is 1. The van der Waals surface area contributed by atoms with Gasteiger partial charge < -0.3 is 14.8 Å². The minimum absolute atomic E-state index is 0.435. The second-order valence-electron chi connectivity index (χ2n) is 5.90. The fourth-order valence-electron chi connectivity index (χ4n) is 3.07. The first-order chi connectivity index (χ1) is 10.3. The Kier molecular flexibility index (Phi) is 6.87. The Labute approximate surface area is 129 Å². The van der Waals surface area contributed by atoms with Crippen LogP contribution in [0.1, 0.15) is 45.4 Å². The molecular formula is C18H29NO2. The molecule has 1 fully saturated rings. The number of para-hydroxylation sites is 2. The molecule has 1 atom stereocenters. The van der Waals surface area contributed by atoms with E-state index >= 15 is 0 Å². The van der Waals surface area contributed by atoms with Crippen molar-refractivity contribution in [2.24, 2.45) is 5.92 Å².